The zero-order chi connectivity index (χ0) is 23.3. The fourth-order valence-electron chi connectivity index (χ4n) is 4.56. The van der Waals surface area contributed by atoms with Gasteiger partial charge in [0.05, 0.1) is 22.5 Å². The Morgan fingerprint density at radius 2 is 1.74 bits per heavy atom. The number of nitrogens with one attached hydrogen (secondary N) is 1. The highest BCUT2D eigenvalue weighted by Gasteiger charge is 2.21. The molecule has 0 radical (unpaired) electrons. The number of carbonyl (C=O) groups excluding carboxylic acids is 1. The van der Waals surface area contributed by atoms with Crippen LogP contribution in [0.1, 0.15) is 28.8 Å². The molecule has 0 unspecified atom stereocenters. The third-order valence-corrected chi connectivity index (χ3v) is 6.87. The molecule has 0 saturated carbocycles. The summed E-state index contributed by atoms with van der Waals surface area (Å²) in [5, 5.41) is 4.87. The Bertz CT molecular complexity index is 1290. The molecule has 2 aromatic heterocycles. The van der Waals surface area contributed by atoms with Crippen LogP contribution < -0.4 is 5.32 Å². The van der Waals surface area contributed by atoms with Crippen molar-refractivity contribution in [3.05, 3.63) is 95.1 Å². The van der Waals surface area contributed by atoms with E-state index >= 15 is 0 Å². The summed E-state index contributed by atoms with van der Waals surface area (Å²) in [5.41, 5.74) is 4.07. The number of para-hydroxylation sites is 1. The number of halogens is 1. The summed E-state index contributed by atoms with van der Waals surface area (Å²) in [4.78, 5) is 24.8. The number of benzene rings is 2. The van der Waals surface area contributed by atoms with Crippen molar-refractivity contribution in [1.82, 2.24) is 20.2 Å². The second kappa shape index (κ2) is 10.3. The van der Waals surface area contributed by atoms with Gasteiger partial charge in [-0.05, 0) is 67.7 Å². The number of fused-ring (bicyclic) bond motifs is 1. The Morgan fingerprint density at radius 1 is 0.971 bits per heavy atom. The molecule has 34 heavy (non-hydrogen) atoms. The molecule has 0 bridgehead atoms. The minimum atomic E-state index is -0.0609. The topological polar surface area (TPSA) is 58.1 Å². The van der Waals surface area contributed by atoms with E-state index < -0.39 is 0 Å². The highest BCUT2D eigenvalue weighted by atomic mass is 35.5. The van der Waals surface area contributed by atoms with Crippen LogP contribution in [0.3, 0.4) is 0 Å². The Balaban J connectivity index is 1.24. The van der Waals surface area contributed by atoms with Gasteiger partial charge in [0.1, 0.15) is 0 Å². The molecular weight excluding hydrogens is 444 g/mol. The van der Waals surface area contributed by atoms with Crippen LogP contribution in [-0.4, -0.2) is 40.4 Å². The van der Waals surface area contributed by atoms with Crippen molar-refractivity contribution in [3.8, 4) is 11.4 Å². The fourth-order valence-corrected chi connectivity index (χ4v) is 4.75. The lowest BCUT2D eigenvalue weighted by Crippen LogP contribution is -2.38. The van der Waals surface area contributed by atoms with Gasteiger partial charge in [0, 0.05) is 29.7 Å². The second-order valence-corrected chi connectivity index (χ2v) is 9.22. The van der Waals surface area contributed by atoms with Crippen molar-refractivity contribution in [2.24, 2.45) is 5.92 Å². The van der Waals surface area contributed by atoms with Crippen molar-refractivity contribution < 1.29 is 4.79 Å². The number of amides is 1. The van der Waals surface area contributed by atoms with E-state index in [2.05, 4.69) is 21.3 Å². The van der Waals surface area contributed by atoms with E-state index in [0.29, 0.717) is 23.7 Å². The summed E-state index contributed by atoms with van der Waals surface area (Å²) in [7, 11) is 0. The predicted molar refractivity (Wildman–Crippen MR) is 137 cm³/mol. The predicted octanol–water partition coefficient (Wildman–Crippen LogP) is 5.59. The Kier molecular flexibility index (Phi) is 6.84. The van der Waals surface area contributed by atoms with Gasteiger partial charge < -0.3 is 5.32 Å². The Labute approximate surface area is 204 Å². The van der Waals surface area contributed by atoms with Crippen LogP contribution in [0, 0.1) is 5.92 Å². The van der Waals surface area contributed by atoms with Gasteiger partial charge in [0.15, 0.2) is 0 Å². The van der Waals surface area contributed by atoms with Gasteiger partial charge in [-0.15, -0.1) is 0 Å². The molecule has 1 N–H and O–H groups in total. The maximum Gasteiger partial charge on any atom is 0.252 e. The zero-order valence-corrected chi connectivity index (χ0v) is 19.7. The molecule has 4 aromatic rings. The summed E-state index contributed by atoms with van der Waals surface area (Å²) >= 11 is 6.32. The van der Waals surface area contributed by atoms with E-state index in [1.807, 2.05) is 66.7 Å². The van der Waals surface area contributed by atoms with Crippen LogP contribution in [0.15, 0.2) is 79.0 Å². The van der Waals surface area contributed by atoms with E-state index in [-0.39, 0.29) is 5.91 Å². The first-order chi connectivity index (χ1) is 16.7. The van der Waals surface area contributed by atoms with Gasteiger partial charge in [-0.2, -0.15) is 0 Å². The average molecular weight is 471 g/mol. The molecule has 3 heterocycles. The molecule has 172 valence electrons. The van der Waals surface area contributed by atoms with Crippen LogP contribution in [0.5, 0.6) is 0 Å². The standard InChI is InChI=1S/C28H27ClN4O/c29-24-9-3-1-7-21(24)19-33-15-12-20(13-16-33)18-31-28(34)23-17-27(26-11-5-6-14-30-26)32-25-10-4-2-8-22(23)25/h1-11,14,17,20H,12-13,15-16,18-19H2,(H,31,34). The summed E-state index contributed by atoms with van der Waals surface area (Å²) in [6, 6.07) is 23.4. The van der Waals surface area contributed by atoms with Crippen molar-refractivity contribution in [2.75, 3.05) is 19.6 Å². The molecule has 0 atom stereocenters. The average Bonchev–Trinajstić information content (AvgIpc) is 2.89. The lowest BCUT2D eigenvalue weighted by atomic mass is 9.96. The SMILES string of the molecule is O=C(NCC1CCN(Cc2ccccc2Cl)CC1)c1cc(-c2ccccn2)nc2ccccc12. The quantitative estimate of drug-likeness (QED) is 0.399. The highest BCUT2D eigenvalue weighted by Crippen LogP contribution is 2.25. The van der Waals surface area contributed by atoms with E-state index in [0.717, 1.165) is 54.1 Å². The second-order valence-electron chi connectivity index (χ2n) is 8.81. The molecule has 1 aliphatic heterocycles. The van der Waals surface area contributed by atoms with Crippen molar-refractivity contribution >= 4 is 28.4 Å². The van der Waals surface area contributed by atoms with Gasteiger partial charge in [0.2, 0.25) is 0 Å². The zero-order valence-electron chi connectivity index (χ0n) is 19.0. The number of rotatable bonds is 6. The largest absolute Gasteiger partial charge is 0.352 e. The first kappa shape index (κ1) is 22.5. The number of aromatic nitrogens is 2. The monoisotopic (exact) mass is 470 g/mol. The Morgan fingerprint density at radius 3 is 2.53 bits per heavy atom. The number of likely N-dealkylation sites (tertiary alicyclic amines) is 1. The number of nitrogens with zero attached hydrogens (tertiary/aromatic N) is 3. The first-order valence-corrected chi connectivity index (χ1v) is 12.1. The molecule has 1 saturated heterocycles. The van der Waals surface area contributed by atoms with Gasteiger partial charge in [-0.3, -0.25) is 14.7 Å². The minimum absolute atomic E-state index is 0.0609. The summed E-state index contributed by atoms with van der Waals surface area (Å²) in [6.07, 6.45) is 3.85. The maximum atomic E-state index is 13.2. The van der Waals surface area contributed by atoms with E-state index in [1.54, 1.807) is 6.20 Å². The molecule has 1 amide bonds. The molecule has 1 fully saturated rings. The fraction of sp³-hybridized carbons (Fsp3) is 0.250. The van der Waals surface area contributed by atoms with Crippen LogP contribution >= 0.6 is 11.6 Å². The van der Waals surface area contributed by atoms with Gasteiger partial charge >= 0.3 is 0 Å². The maximum absolute atomic E-state index is 13.2. The lowest BCUT2D eigenvalue weighted by molar-refractivity contribution is 0.0937. The van der Waals surface area contributed by atoms with Gasteiger partial charge in [0.25, 0.3) is 5.91 Å². The van der Waals surface area contributed by atoms with Crippen LogP contribution in [-0.2, 0) is 6.54 Å². The molecule has 1 aliphatic rings. The molecule has 5 nitrogen and oxygen atoms in total. The number of hydrogen-bond donors (Lipinski definition) is 1. The lowest BCUT2D eigenvalue weighted by Gasteiger charge is -2.32. The molecule has 0 aliphatic carbocycles. The minimum Gasteiger partial charge on any atom is -0.352 e. The van der Waals surface area contributed by atoms with Crippen molar-refractivity contribution in [3.63, 3.8) is 0 Å². The molecular formula is C28H27ClN4O. The van der Waals surface area contributed by atoms with Crippen LogP contribution in [0.2, 0.25) is 5.02 Å². The summed E-state index contributed by atoms with van der Waals surface area (Å²) < 4.78 is 0. The van der Waals surface area contributed by atoms with Crippen LogP contribution in [0.25, 0.3) is 22.3 Å². The number of hydrogen-bond acceptors (Lipinski definition) is 4. The third-order valence-electron chi connectivity index (χ3n) is 6.50. The number of piperidine rings is 1. The first-order valence-electron chi connectivity index (χ1n) is 11.7. The van der Waals surface area contributed by atoms with Gasteiger partial charge in [-0.1, -0.05) is 54.1 Å². The third kappa shape index (κ3) is 5.11. The summed E-state index contributed by atoms with van der Waals surface area (Å²) in [6.45, 7) is 3.56. The molecule has 6 heteroatoms. The normalized spacial score (nSPS) is 14.9. The van der Waals surface area contributed by atoms with E-state index in [4.69, 9.17) is 16.6 Å². The molecule has 0 spiro atoms. The van der Waals surface area contributed by atoms with Crippen molar-refractivity contribution in [2.45, 2.75) is 19.4 Å². The number of carbonyl (C=O) groups is 1. The number of pyridine rings is 2. The van der Waals surface area contributed by atoms with E-state index in [1.165, 1.54) is 5.56 Å². The van der Waals surface area contributed by atoms with Crippen LogP contribution in [0.4, 0.5) is 0 Å². The Hall–Kier alpha value is -3.28. The van der Waals surface area contributed by atoms with Gasteiger partial charge in [-0.25, -0.2) is 4.98 Å². The smallest absolute Gasteiger partial charge is 0.252 e. The molecule has 5 rings (SSSR count). The molecule has 2 aromatic carbocycles. The summed E-state index contributed by atoms with van der Waals surface area (Å²) in [5.74, 6) is 0.407. The van der Waals surface area contributed by atoms with Crippen molar-refractivity contribution in [1.29, 1.82) is 0 Å². The highest BCUT2D eigenvalue weighted by molar-refractivity contribution is 6.31. The van der Waals surface area contributed by atoms with E-state index in [9.17, 15) is 4.79 Å².